The van der Waals surface area contributed by atoms with Gasteiger partial charge in [-0.05, 0) is 171 Å². The summed E-state index contributed by atoms with van der Waals surface area (Å²) in [5.74, 6) is 1.19. The van der Waals surface area contributed by atoms with E-state index in [9.17, 15) is 34.2 Å². The molecule has 368 valence electrons. The molecule has 70 heavy (non-hydrogen) atoms. The van der Waals surface area contributed by atoms with Crippen LogP contribution in [0.4, 0.5) is 0 Å². The molecule has 6 rings (SSSR count). The Kier molecular flexibility index (Phi) is 22.8. The smallest absolute Gasteiger partial charge is 0.373 e. The Hall–Kier alpha value is -5.62. The topological polar surface area (TPSA) is 240 Å². The van der Waals surface area contributed by atoms with Gasteiger partial charge < -0.3 is 45.4 Å². The molecule has 0 unspecified atom stereocenters. The quantitative estimate of drug-likeness (QED) is 0.0190. The van der Waals surface area contributed by atoms with Crippen molar-refractivity contribution in [3.05, 3.63) is 123 Å². The minimum absolute atomic E-state index is 0.0504. The van der Waals surface area contributed by atoms with Gasteiger partial charge in [-0.15, -0.1) is 0 Å². The van der Waals surface area contributed by atoms with Crippen molar-refractivity contribution in [2.75, 3.05) is 39.4 Å². The van der Waals surface area contributed by atoms with Crippen LogP contribution in [0.5, 0.6) is 23.0 Å². The van der Waals surface area contributed by atoms with Crippen LogP contribution in [0.2, 0.25) is 0 Å². The molecule has 0 spiro atoms. The lowest BCUT2D eigenvalue weighted by molar-refractivity contribution is -0.191. The standard InChI is InChI=1S/C50H51I3N4O10.CO2/c51-39-28-36(15-18-42(39)60)66-49-40(52)23-31(24-41(49)53)25-45(61)54-19-5-1-2-6-20-55-46(62)29-65-30-47(63)56-21-7-3-4-8-22-57-50(64)33-11-9-32(10-12-33)48-37-16-13-34(58)26-43(37)67-44-27-35(59)14-17-38(44)48;2-1-3/h9-18,23-24,26-28,58,60H,1-8,19-22,25,29-30H2,(H,54,61)(H,55,62)(H,56,63)(H,57,64);. The molecule has 1 aliphatic carbocycles. The molecule has 2 aliphatic rings. The first-order chi connectivity index (χ1) is 33.8. The van der Waals surface area contributed by atoms with Gasteiger partial charge in [-0.25, -0.2) is 0 Å². The average Bonchev–Trinajstić information content (AvgIpc) is 3.32. The first kappa shape index (κ1) is 55.3. The highest BCUT2D eigenvalue weighted by atomic mass is 127. The maximum absolute atomic E-state index is 12.9. The van der Waals surface area contributed by atoms with Crippen molar-refractivity contribution in [3.8, 4) is 45.4 Å². The molecule has 6 N–H and O–H groups in total. The lowest BCUT2D eigenvalue weighted by Gasteiger charge is -2.15. The van der Waals surface area contributed by atoms with Crippen molar-refractivity contribution in [2.24, 2.45) is 0 Å². The van der Waals surface area contributed by atoms with E-state index in [1.807, 2.05) is 46.9 Å². The normalized spacial score (nSPS) is 10.7. The first-order valence-electron chi connectivity index (χ1n) is 22.4. The molecule has 0 saturated carbocycles. The van der Waals surface area contributed by atoms with Crippen LogP contribution in [0.1, 0.15) is 67.3 Å². The summed E-state index contributed by atoms with van der Waals surface area (Å²) in [6, 6.07) is 25.7. The number of halogens is 3. The van der Waals surface area contributed by atoms with E-state index in [4.69, 9.17) is 23.5 Å². The Morgan fingerprint density at radius 1 is 0.614 bits per heavy atom. The average molecular weight is 1290 g/mol. The number of rotatable bonds is 24. The van der Waals surface area contributed by atoms with Crippen LogP contribution in [0, 0.1) is 10.7 Å². The van der Waals surface area contributed by atoms with Crippen molar-refractivity contribution in [3.63, 3.8) is 0 Å². The van der Waals surface area contributed by atoms with E-state index >= 15 is 0 Å². The summed E-state index contributed by atoms with van der Waals surface area (Å²) in [6.45, 7) is 1.67. The highest BCUT2D eigenvalue weighted by molar-refractivity contribution is 14.1. The zero-order valence-electron chi connectivity index (χ0n) is 37.9. The number of phenols is 2. The zero-order valence-corrected chi connectivity index (χ0v) is 44.4. The van der Waals surface area contributed by atoms with Crippen LogP contribution in [-0.4, -0.2) is 79.4 Å². The largest absolute Gasteiger partial charge is 0.508 e. The number of benzene rings is 5. The molecule has 0 aromatic heterocycles. The Bertz CT molecular complexity index is 2790. The van der Waals surface area contributed by atoms with Crippen LogP contribution in [0.3, 0.4) is 0 Å². The van der Waals surface area contributed by atoms with E-state index < -0.39 is 0 Å². The number of phenolic OH excluding ortho intramolecular Hbond substituents is 2. The molecule has 0 radical (unpaired) electrons. The van der Waals surface area contributed by atoms with E-state index in [2.05, 4.69) is 66.4 Å². The van der Waals surface area contributed by atoms with Crippen molar-refractivity contribution in [2.45, 2.75) is 57.8 Å². The molecular weight excluding hydrogens is 1240 g/mol. The van der Waals surface area contributed by atoms with Crippen LogP contribution in [-0.2, 0) is 35.1 Å². The van der Waals surface area contributed by atoms with Crippen molar-refractivity contribution < 1.29 is 52.9 Å². The summed E-state index contributed by atoms with van der Waals surface area (Å²) in [4.78, 5) is 78.0. The summed E-state index contributed by atoms with van der Waals surface area (Å²) in [6.07, 6.45) is 7.23. The van der Waals surface area contributed by atoms with Crippen LogP contribution in [0.15, 0.2) is 100 Å². The fraction of sp³-hybridized carbons (Fsp3) is 0.294. The van der Waals surface area contributed by atoms with E-state index in [0.29, 0.717) is 58.2 Å². The van der Waals surface area contributed by atoms with E-state index in [1.54, 1.807) is 48.5 Å². The lowest BCUT2D eigenvalue weighted by Crippen LogP contribution is -2.32. The minimum Gasteiger partial charge on any atom is -0.508 e. The second kappa shape index (κ2) is 28.9. The predicted octanol–water partition coefficient (Wildman–Crippen LogP) is 8.46. The minimum atomic E-state index is -0.286. The van der Waals surface area contributed by atoms with Gasteiger partial charge in [-0.1, -0.05) is 37.8 Å². The molecule has 4 aromatic carbocycles. The summed E-state index contributed by atoms with van der Waals surface area (Å²) in [5.41, 5.74) is 4.09. The summed E-state index contributed by atoms with van der Waals surface area (Å²) in [7, 11) is 0. The van der Waals surface area contributed by atoms with Gasteiger partial charge in [0.2, 0.25) is 17.7 Å². The summed E-state index contributed by atoms with van der Waals surface area (Å²) >= 11 is 6.45. The summed E-state index contributed by atoms with van der Waals surface area (Å²) in [5, 5.41) is 32.1. The van der Waals surface area contributed by atoms with Gasteiger partial charge in [0.25, 0.3) is 5.91 Å². The Balaban J connectivity index is 0.00000296. The second-order valence-corrected chi connectivity index (χ2v) is 19.4. The van der Waals surface area contributed by atoms with Crippen molar-refractivity contribution in [1.29, 1.82) is 0 Å². The molecule has 19 heteroatoms. The third kappa shape index (κ3) is 17.7. The molecule has 4 aromatic rings. The number of amides is 4. The van der Waals surface area contributed by atoms with E-state index in [0.717, 1.165) is 86.1 Å². The molecular formula is C51H51I3N4O12. The molecule has 0 bridgehead atoms. The van der Waals surface area contributed by atoms with Gasteiger partial charge >= 0.3 is 6.15 Å². The number of ether oxygens (including phenoxy) is 2. The van der Waals surface area contributed by atoms with Crippen LogP contribution in [0.25, 0.3) is 33.4 Å². The lowest BCUT2D eigenvalue weighted by atomic mass is 9.93. The summed E-state index contributed by atoms with van der Waals surface area (Å²) < 4.78 is 19.7. The fourth-order valence-corrected chi connectivity index (χ4v) is 9.82. The van der Waals surface area contributed by atoms with Gasteiger partial charge in [0, 0.05) is 60.4 Å². The number of carbonyl (C=O) groups excluding carboxylic acids is 6. The number of aromatic hydroxyl groups is 2. The maximum Gasteiger partial charge on any atom is 0.373 e. The van der Waals surface area contributed by atoms with Gasteiger partial charge in [0.05, 0.1) is 17.1 Å². The van der Waals surface area contributed by atoms with Gasteiger partial charge in [0.1, 0.15) is 41.8 Å². The Morgan fingerprint density at radius 2 is 1.19 bits per heavy atom. The Morgan fingerprint density at radius 3 is 1.77 bits per heavy atom. The molecule has 0 saturated heterocycles. The van der Waals surface area contributed by atoms with Crippen molar-refractivity contribution >= 4 is 109 Å². The van der Waals surface area contributed by atoms with Gasteiger partial charge in [0.15, 0.2) is 11.2 Å². The molecule has 0 fully saturated rings. The molecule has 1 aliphatic heterocycles. The monoisotopic (exact) mass is 1290 g/mol. The van der Waals surface area contributed by atoms with Gasteiger partial charge in [-0.2, -0.15) is 9.59 Å². The fourth-order valence-electron chi connectivity index (χ4n) is 7.22. The molecule has 0 atom stereocenters. The highest BCUT2D eigenvalue weighted by Gasteiger charge is 2.19. The number of hydrogen-bond acceptors (Lipinski definition) is 12. The SMILES string of the molecule is O=C(COCC(=O)NCCCCCCNC(=O)c1ccc(-c2c3ccc(=O)cc-3oc3cc(O)ccc23)cc1)NCCCCCCNC(=O)Cc1cc(I)c(Oc2ccc(O)c(I)c2)c(I)c1.O=C=O. The highest BCUT2D eigenvalue weighted by Crippen LogP contribution is 2.41. The van der Waals surface area contributed by atoms with E-state index in [1.165, 1.54) is 18.2 Å². The second-order valence-electron chi connectivity index (χ2n) is 15.9. The number of hydrogen-bond donors (Lipinski definition) is 6. The van der Waals surface area contributed by atoms with Gasteiger partial charge in [-0.3, -0.25) is 24.0 Å². The number of carbonyl (C=O) groups is 4. The molecule has 16 nitrogen and oxygen atoms in total. The predicted molar refractivity (Wildman–Crippen MR) is 287 cm³/mol. The Labute approximate surface area is 444 Å². The zero-order chi connectivity index (χ0) is 50.4. The van der Waals surface area contributed by atoms with Crippen LogP contribution < -0.4 is 31.4 Å². The van der Waals surface area contributed by atoms with Crippen LogP contribution >= 0.6 is 67.8 Å². The molecule has 4 amide bonds. The number of unbranched alkanes of at least 4 members (excludes halogenated alkanes) is 6. The number of nitrogens with one attached hydrogen (secondary N) is 4. The third-order valence-corrected chi connectivity index (χ3v) is 13.1. The van der Waals surface area contributed by atoms with Crippen molar-refractivity contribution in [1.82, 2.24) is 21.3 Å². The first-order valence-corrected chi connectivity index (χ1v) is 25.6. The maximum atomic E-state index is 12.9. The number of fused-ring (bicyclic) bond motifs is 2. The van der Waals surface area contributed by atoms with E-state index in [-0.39, 0.29) is 66.3 Å². The third-order valence-electron chi connectivity index (χ3n) is 10.6. The molecule has 1 heterocycles.